The first kappa shape index (κ1) is 20.5. The summed E-state index contributed by atoms with van der Waals surface area (Å²) in [6, 6.07) is 0. The first-order chi connectivity index (χ1) is 10.1. The van der Waals surface area contributed by atoms with Crippen LogP contribution in [0, 0.1) is 34.0 Å². The third-order valence-electron chi connectivity index (χ3n) is 7.49. The van der Waals surface area contributed by atoms with Crippen LogP contribution in [0.15, 0.2) is 0 Å². The molecule has 3 atom stereocenters. The molecule has 1 aliphatic rings. The zero-order valence-corrected chi connectivity index (χ0v) is 17.6. The number of rotatable bonds is 6. The van der Waals surface area contributed by atoms with E-state index in [-0.39, 0.29) is 22.3 Å². The summed E-state index contributed by atoms with van der Waals surface area (Å²) in [4.78, 5) is 13.0. The Morgan fingerprint density at radius 3 is 1.96 bits per heavy atom. The van der Waals surface area contributed by atoms with E-state index >= 15 is 0 Å². The summed E-state index contributed by atoms with van der Waals surface area (Å²) < 4.78 is 0. The van der Waals surface area contributed by atoms with Crippen LogP contribution in [0.4, 0.5) is 0 Å². The highest BCUT2D eigenvalue weighted by Crippen LogP contribution is 2.57. The van der Waals surface area contributed by atoms with Gasteiger partial charge in [0.2, 0.25) is 5.91 Å². The van der Waals surface area contributed by atoms with Gasteiger partial charge in [-0.15, -0.1) is 0 Å². The van der Waals surface area contributed by atoms with Gasteiger partial charge < -0.3 is 5.32 Å². The molecule has 0 aromatic carbocycles. The Bertz CT molecular complexity index is 449. The molecule has 2 nitrogen and oxygen atoms in total. The highest BCUT2D eigenvalue weighted by molar-refractivity contribution is 5.82. The number of nitrogens with one attached hydrogen (secondary N) is 1. The Morgan fingerprint density at radius 1 is 1.13 bits per heavy atom. The fourth-order valence-electron chi connectivity index (χ4n) is 4.40. The van der Waals surface area contributed by atoms with Gasteiger partial charge in [0.1, 0.15) is 0 Å². The predicted octanol–water partition coefficient (Wildman–Crippen LogP) is 5.66. The largest absolute Gasteiger partial charge is 0.350 e. The quantitative estimate of drug-likeness (QED) is 0.671. The number of carbonyl (C=O) groups is 1. The lowest BCUT2D eigenvalue weighted by Gasteiger charge is -2.62. The van der Waals surface area contributed by atoms with Gasteiger partial charge in [-0.3, -0.25) is 4.79 Å². The fraction of sp³-hybridized carbons (Fsp3) is 0.952. The van der Waals surface area contributed by atoms with Crippen LogP contribution in [-0.4, -0.2) is 11.4 Å². The third-order valence-corrected chi connectivity index (χ3v) is 7.49. The van der Waals surface area contributed by atoms with Gasteiger partial charge in [-0.05, 0) is 48.3 Å². The van der Waals surface area contributed by atoms with Gasteiger partial charge in [0, 0.05) is 11.0 Å². The molecule has 0 bridgehead atoms. The smallest absolute Gasteiger partial charge is 0.226 e. The van der Waals surface area contributed by atoms with Gasteiger partial charge in [-0.2, -0.15) is 0 Å². The Morgan fingerprint density at radius 2 is 1.61 bits per heavy atom. The molecule has 1 N–H and O–H groups in total. The van der Waals surface area contributed by atoms with Crippen LogP contribution in [0.5, 0.6) is 0 Å². The Hall–Kier alpha value is -0.530. The second-order valence-electron chi connectivity index (χ2n) is 10.6. The van der Waals surface area contributed by atoms with E-state index < -0.39 is 0 Å². The van der Waals surface area contributed by atoms with Crippen LogP contribution < -0.4 is 5.32 Å². The van der Waals surface area contributed by atoms with Gasteiger partial charge in [-0.25, -0.2) is 0 Å². The van der Waals surface area contributed by atoms with Crippen molar-refractivity contribution in [2.45, 2.75) is 94.5 Å². The van der Waals surface area contributed by atoms with Crippen molar-refractivity contribution < 1.29 is 4.79 Å². The summed E-state index contributed by atoms with van der Waals surface area (Å²) in [5.41, 5.74) is 0.110. The molecule has 1 amide bonds. The molecular formula is C21H41NO. The average Bonchev–Trinajstić information content (AvgIpc) is 2.36. The fourth-order valence-corrected chi connectivity index (χ4v) is 4.40. The summed E-state index contributed by atoms with van der Waals surface area (Å²) in [6.45, 7) is 24.7. The molecule has 0 aliphatic heterocycles. The van der Waals surface area contributed by atoms with Crippen LogP contribution in [0.25, 0.3) is 0 Å². The van der Waals surface area contributed by atoms with Gasteiger partial charge in [-0.1, -0.05) is 69.2 Å². The van der Waals surface area contributed by atoms with E-state index in [1.165, 1.54) is 0 Å². The van der Waals surface area contributed by atoms with E-state index in [2.05, 4.69) is 81.5 Å². The van der Waals surface area contributed by atoms with Gasteiger partial charge in [0.25, 0.3) is 0 Å². The molecule has 136 valence electrons. The lowest BCUT2D eigenvalue weighted by atomic mass is 9.47. The summed E-state index contributed by atoms with van der Waals surface area (Å²) in [6.07, 6.45) is 1.99. The van der Waals surface area contributed by atoms with Crippen LogP contribution in [0.1, 0.15) is 89.0 Å². The standard InChI is InChI=1S/C21H41NO/c1-14(2)18(6,7)12-19(8,9)17(23)22-21(11)13-20(10,15(3)4)16(21)5/h14-16H,12-13H2,1-11H3,(H,22,23). The average molecular weight is 324 g/mol. The van der Waals surface area contributed by atoms with Gasteiger partial charge in [0.15, 0.2) is 0 Å². The molecule has 23 heavy (non-hydrogen) atoms. The lowest BCUT2D eigenvalue weighted by molar-refractivity contribution is -0.144. The van der Waals surface area contributed by atoms with Crippen LogP contribution in [0.3, 0.4) is 0 Å². The maximum Gasteiger partial charge on any atom is 0.226 e. The molecule has 1 saturated carbocycles. The molecule has 1 fully saturated rings. The highest BCUT2D eigenvalue weighted by atomic mass is 16.2. The van der Waals surface area contributed by atoms with Crippen LogP contribution in [-0.2, 0) is 4.79 Å². The number of hydrogen-bond donors (Lipinski definition) is 1. The maximum absolute atomic E-state index is 13.0. The summed E-state index contributed by atoms with van der Waals surface area (Å²) >= 11 is 0. The van der Waals surface area contributed by atoms with Crippen LogP contribution in [0.2, 0.25) is 0 Å². The molecule has 1 rings (SSSR count). The molecule has 3 unspecified atom stereocenters. The maximum atomic E-state index is 13.0. The van der Waals surface area contributed by atoms with Crippen molar-refractivity contribution in [3.05, 3.63) is 0 Å². The van der Waals surface area contributed by atoms with Crippen LogP contribution >= 0.6 is 0 Å². The Kier molecular flexibility index (Phi) is 5.42. The SMILES string of the molecule is CC(C)C(C)(C)CC(C)(C)C(=O)NC1(C)CC(C)(C(C)C)C1C. The van der Waals surface area contributed by atoms with Gasteiger partial charge in [0.05, 0.1) is 0 Å². The van der Waals surface area contributed by atoms with E-state index in [1.807, 2.05) is 0 Å². The molecular weight excluding hydrogens is 282 g/mol. The second kappa shape index (κ2) is 6.08. The zero-order chi connectivity index (χ0) is 18.4. The first-order valence-corrected chi connectivity index (χ1v) is 9.41. The molecule has 0 heterocycles. The third kappa shape index (κ3) is 3.77. The second-order valence-corrected chi connectivity index (χ2v) is 10.6. The van der Waals surface area contributed by atoms with E-state index in [9.17, 15) is 4.79 Å². The summed E-state index contributed by atoms with van der Waals surface area (Å²) in [5.74, 6) is 1.94. The summed E-state index contributed by atoms with van der Waals surface area (Å²) in [5, 5.41) is 3.42. The molecule has 0 radical (unpaired) electrons. The molecule has 0 spiro atoms. The number of amides is 1. The first-order valence-electron chi connectivity index (χ1n) is 9.41. The topological polar surface area (TPSA) is 29.1 Å². The molecule has 0 saturated heterocycles. The Labute approximate surface area is 145 Å². The monoisotopic (exact) mass is 323 g/mol. The van der Waals surface area contributed by atoms with E-state index in [0.717, 1.165) is 12.8 Å². The zero-order valence-electron chi connectivity index (χ0n) is 17.6. The highest BCUT2D eigenvalue weighted by Gasteiger charge is 2.58. The Balaban J connectivity index is 2.80. The molecule has 0 aromatic rings. The summed E-state index contributed by atoms with van der Waals surface area (Å²) in [7, 11) is 0. The van der Waals surface area contributed by atoms with Crippen molar-refractivity contribution in [2.24, 2.45) is 34.0 Å². The lowest BCUT2D eigenvalue weighted by Crippen LogP contribution is -2.68. The molecule has 2 heteroatoms. The normalized spacial score (nSPS) is 32.1. The van der Waals surface area contributed by atoms with E-state index in [4.69, 9.17) is 0 Å². The van der Waals surface area contributed by atoms with Crippen molar-refractivity contribution >= 4 is 5.91 Å². The number of hydrogen-bond acceptors (Lipinski definition) is 1. The predicted molar refractivity (Wildman–Crippen MR) is 100 cm³/mol. The minimum absolute atomic E-state index is 0.0602. The van der Waals surface area contributed by atoms with Crippen molar-refractivity contribution in [1.29, 1.82) is 0 Å². The van der Waals surface area contributed by atoms with E-state index in [1.54, 1.807) is 0 Å². The minimum atomic E-state index is -0.333. The van der Waals surface area contributed by atoms with Crippen molar-refractivity contribution in [3.8, 4) is 0 Å². The van der Waals surface area contributed by atoms with Crippen molar-refractivity contribution in [3.63, 3.8) is 0 Å². The van der Waals surface area contributed by atoms with Crippen molar-refractivity contribution in [1.82, 2.24) is 5.32 Å². The molecule has 0 aromatic heterocycles. The molecule has 1 aliphatic carbocycles. The van der Waals surface area contributed by atoms with E-state index in [0.29, 0.717) is 23.2 Å². The van der Waals surface area contributed by atoms with Gasteiger partial charge >= 0.3 is 0 Å². The number of carbonyl (C=O) groups excluding carboxylic acids is 1. The minimum Gasteiger partial charge on any atom is -0.350 e. The van der Waals surface area contributed by atoms with Crippen molar-refractivity contribution in [2.75, 3.05) is 0 Å².